The highest BCUT2D eigenvalue weighted by atomic mass is 35.5. The normalized spacial score (nSPS) is 11.6. The highest BCUT2D eigenvalue weighted by Crippen LogP contribution is 2.24. The van der Waals surface area contributed by atoms with Crippen molar-refractivity contribution in [2.45, 2.75) is 4.90 Å². The summed E-state index contributed by atoms with van der Waals surface area (Å²) in [5.74, 6) is -0.277. The Balaban J connectivity index is 2.33. The molecule has 0 heterocycles. The Morgan fingerprint density at radius 3 is 2.57 bits per heavy atom. The van der Waals surface area contributed by atoms with Crippen molar-refractivity contribution in [2.24, 2.45) is 5.14 Å². The molecular weight excluding hydrogens is 338 g/mol. The smallest absolute Gasteiger partial charge is 0.241 e. The molecule has 0 aliphatic rings. The van der Waals surface area contributed by atoms with Crippen LogP contribution in [0.3, 0.4) is 0 Å². The van der Waals surface area contributed by atoms with Crippen molar-refractivity contribution >= 4 is 33.5 Å². The van der Waals surface area contributed by atoms with Crippen LogP contribution < -0.4 is 9.88 Å². The number of ketones is 1. The van der Waals surface area contributed by atoms with Gasteiger partial charge in [0.1, 0.15) is 10.6 Å². The zero-order chi connectivity index (χ0) is 17.0. The minimum absolute atomic E-state index is 0.0860. The van der Waals surface area contributed by atoms with E-state index in [2.05, 4.69) is 0 Å². The fraction of sp³-hybridized carbons (Fsp3) is 0.0625. The average molecular weight is 352 g/mol. The summed E-state index contributed by atoms with van der Waals surface area (Å²) in [6, 6.07) is 11.0. The van der Waals surface area contributed by atoms with Crippen LogP contribution in [0.2, 0.25) is 5.02 Å². The van der Waals surface area contributed by atoms with Crippen molar-refractivity contribution in [2.75, 3.05) is 7.11 Å². The molecule has 0 aliphatic heterocycles. The highest BCUT2D eigenvalue weighted by Gasteiger charge is 2.17. The van der Waals surface area contributed by atoms with Gasteiger partial charge < -0.3 is 4.74 Å². The number of halogens is 1. The third-order valence-electron chi connectivity index (χ3n) is 3.03. The Morgan fingerprint density at radius 2 is 1.96 bits per heavy atom. The molecule has 2 aromatic rings. The summed E-state index contributed by atoms with van der Waals surface area (Å²) < 4.78 is 28.1. The van der Waals surface area contributed by atoms with Gasteiger partial charge in [-0.1, -0.05) is 29.8 Å². The molecule has 23 heavy (non-hydrogen) atoms. The van der Waals surface area contributed by atoms with Crippen LogP contribution in [0.1, 0.15) is 15.9 Å². The molecule has 0 unspecified atom stereocenters. The number of ether oxygens (including phenoxy) is 1. The first-order valence-corrected chi connectivity index (χ1v) is 8.42. The predicted octanol–water partition coefficient (Wildman–Crippen LogP) is 2.89. The summed E-state index contributed by atoms with van der Waals surface area (Å²) in [5.41, 5.74) is 0.944. The monoisotopic (exact) mass is 351 g/mol. The quantitative estimate of drug-likeness (QED) is 0.662. The maximum Gasteiger partial charge on any atom is 0.241 e. The van der Waals surface area contributed by atoms with Crippen molar-refractivity contribution < 1.29 is 17.9 Å². The number of methoxy groups -OCH3 is 1. The van der Waals surface area contributed by atoms with Gasteiger partial charge in [-0.15, -0.1) is 0 Å². The predicted molar refractivity (Wildman–Crippen MR) is 89.2 cm³/mol. The molecule has 2 N–H and O–H groups in total. The van der Waals surface area contributed by atoms with E-state index in [0.717, 1.165) is 5.56 Å². The molecule has 5 nitrogen and oxygen atoms in total. The molecule has 0 aromatic heterocycles. The number of carbonyl (C=O) groups is 1. The first-order valence-electron chi connectivity index (χ1n) is 6.50. The Labute approximate surface area is 139 Å². The Bertz CT molecular complexity index is 875. The van der Waals surface area contributed by atoms with E-state index in [1.54, 1.807) is 30.3 Å². The summed E-state index contributed by atoms with van der Waals surface area (Å²) in [7, 11) is -2.67. The number of nitrogens with two attached hydrogens (primary N) is 1. The molecule has 7 heteroatoms. The number of hydrogen-bond donors (Lipinski definition) is 1. The molecule has 0 spiro atoms. The summed E-state index contributed by atoms with van der Waals surface area (Å²) in [5, 5.41) is 5.69. The summed E-state index contributed by atoms with van der Waals surface area (Å²) in [6.07, 6.45) is 2.93. The SMILES string of the molecule is COc1ccc(C(=O)/C=C/c2cccc(Cl)c2)cc1S(N)(=O)=O. The van der Waals surface area contributed by atoms with E-state index in [0.29, 0.717) is 5.02 Å². The minimum Gasteiger partial charge on any atom is -0.495 e. The first kappa shape index (κ1) is 17.2. The lowest BCUT2D eigenvalue weighted by atomic mass is 10.1. The Hall–Kier alpha value is -2.15. The van der Waals surface area contributed by atoms with Crippen LogP contribution in [0.25, 0.3) is 6.08 Å². The van der Waals surface area contributed by atoms with Crippen LogP contribution in [-0.4, -0.2) is 21.3 Å². The number of benzene rings is 2. The molecular formula is C16H14ClNO4S. The van der Waals surface area contributed by atoms with Crippen molar-refractivity contribution in [3.05, 3.63) is 64.7 Å². The van der Waals surface area contributed by atoms with Gasteiger partial charge in [0, 0.05) is 10.6 Å². The Morgan fingerprint density at radius 1 is 1.22 bits per heavy atom. The van der Waals surface area contributed by atoms with Gasteiger partial charge in [0.05, 0.1) is 7.11 Å². The van der Waals surface area contributed by atoms with Gasteiger partial charge in [-0.05, 0) is 42.0 Å². The van der Waals surface area contributed by atoms with E-state index in [1.807, 2.05) is 0 Å². The van der Waals surface area contributed by atoms with Gasteiger partial charge >= 0.3 is 0 Å². The maximum absolute atomic E-state index is 12.2. The fourth-order valence-corrected chi connectivity index (χ4v) is 2.85. The average Bonchev–Trinajstić information content (AvgIpc) is 2.51. The third-order valence-corrected chi connectivity index (χ3v) is 4.20. The lowest BCUT2D eigenvalue weighted by molar-refractivity contribution is 0.104. The fourth-order valence-electron chi connectivity index (χ4n) is 1.93. The lowest BCUT2D eigenvalue weighted by Gasteiger charge is -2.07. The molecule has 0 bridgehead atoms. The summed E-state index contributed by atoms with van der Waals surface area (Å²) in [6.45, 7) is 0. The van der Waals surface area contributed by atoms with Crippen LogP contribution in [0.15, 0.2) is 53.4 Å². The van der Waals surface area contributed by atoms with E-state index in [1.165, 1.54) is 31.4 Å². The van der Waals surface area contributed by atoms with Crippen LogP contribution in [0.5, 0.6) is 5.75 Å². The van der Waals surface area contributed by atoms with Crippen molar-refractivity contribution in [3.63, 3.8) is 0 Å². The van der Waals surface area contributed by atoms with Crippen LogP contribution in [0.4, 0.5) is 0 Å². The molecule has 0 saturated heterocycles. The van der Waals surface area contributed by atoms with E-state index in [9.17, 15) is 13.2 Å². The second kappa shape index (κ2) is 6.95. The van der Waals surface area contributed by atoms with Gasteiger partial charge in [0.2, 0.25) is 10.0 Å². The number of carbonyl (C=O) groups excluding carboxylic acids is 1. The maximum atomic E-state index is 12.2. The third kappa shape index (κ3) is 4.41. The molecule has 0 aliphatic carbocycles. The number of sulfonamides is 1. The summed E-state index contributed by atoms with van der Waals surface area (Å²) >= 11 is 5.87. The molecule has 2 rings (SSSR count). The van der Waals surface area contributed by atoms with E-state index in [-0.39, 0.29) is 22.0 Å². The zero-order valence-electron chi connectivity index (χ0n) is 12.2. The van der Waals surface area contributed by atoms with E-state index in [4.69, 9.17) is 21.5 Å². The van der Waals surface area contributed by atoms with Crippen molar-refractivity contribution in [1.29, 1.82) is 0 Å². The minimum atomic E-state index is -3.99. The van der Waals surface area contributed by atoms with Gasteiger partial charge in [-0.2, -0.15) is 0 Å². The second-order valence-electron chi connectivity index (χ2n) is 4.66. The molecule has 2 aromatic carbocycles. The molecule has 0 saturated carbocycles. The van der Waals surface area contributed by atoms with Crippen LogP contribution in [0, 0.1) is 0 Å². The number of rotatable bonds is 5. The van der Waals surface area contributed by atoms with Crippen molar-refractivity contribution in [3.8, 4) is 5.75 Å². The largest absolute Gasteiger partial charge is 0.495 e. The molecule has 120 valence electrons. The molecule has 0 atom stereocenters. The second-order valence-corrected chi connectivity index (χ2v) is 6.63. The van der Waals surface area contributed by atoms with Gasteiger partial charge in [-0.25, -0.2) is 13.6 Å². The van der Waals surface area contributed by atoms with Gasteiger partial charge in [0.25, 0.3) is 0 Å². The summed E-state index contributed by atoms with van der Waals surface area (Å²) in [4.78, 5) is 12.0. The number of primary sulfonamides is 1. The Kier molecular flexibility index (Phi) is 5.20. The standard InChI is InChI=1S/C16H14ClNO4S/c1-22-15-8-6-12(10-16(15)23(18,20)21)14(19)7-5-11-3-2-4-13(17)9-11/h2-10H,1H3,(H2,18,20,21)/b7-5+. The zero-order valence-corrected chi connectivity index (χ0v) is 13.8. The van der Waals surface area contributed by atoms with E-state index >= 15 is 0 Å². The van der Waals surface area contributed by atoms with Crippen molar-refractivity contribution in [1.82, 2.24) is 0 Å². The lowest BCUT2D eigenvalue weighted by Crippen LogP contribution is -2.14. The van der Waals surface area contributed by atoms with E-state index < -0.39 is 10.0 Å². The van der Waals surface area contributed by atoms with Crippen LogP contribution >= 0.6 is 11.6 Å². The highest BCUT2D eigenvalue weighted by molar-refractivity contribution is 7.89. The molecule has 0 fully saturated rings. The van der Waals surface area contributed by atoms with Gasteiger partial charge in [0.15, 0.2) is 5.78 Å². The molecule has 0 amide bonds. The molecule has 0 radical (unpaired) electrons. The first-order chi connectivity index (χ1) is 10.8. The topological polar surface area (TPSA) is 86.5 Å². The number of allylic oxidation sites excluding steroid dienone is 1. The van der Waals surface area contributed by atoms with Crippen LogP contribution in [-0.2, 0) is 10.0 Å². The van der Waals surface area contributed by atoms with Gasteiger partial charge in [-0.3, -0.25) is 4.79 Å². The number of hydrogen-bond acceptors (Lipinski definition) is 4.